The van der Waals surface area contributed by atoms with Crippen LogP contribution in [0.5, 0.6) is 0 Å². The summed E-state index contributed by atoms with van der Waals surface area (Å²) in [5.74, 6) is 0. The van der Waals surface area contributed by atoms with Gasteiger partial charge in [-0.25, -0.2) is 4.39 Å². The van der Waals surface area contributed by atoms with E-state index in [1.807, 2.05) is 0 Å². The molecule has 1 nitrogen and oxygen atoms in total. The van der Waals surface area contributed by atoms with Gasteiger partial charge >= 0.3 is 0 Å². The number of rotatable bonds is 1. The summed E-state index contributed by atoms with van der Waals surface area (Å²) in [5, 5.41) is 0. The van der Waals surface area contributed by atoms with Crippen molar-refractivity contribution in [1.82, 2.24) is 0 Å². The summed E-state index contributed by atoms with van der Waals surface area (Å²) in [5.41, 5.74) is -0.00463. The van der Waals surface area contributed by atoms with Gasteiger partial charge in [-0.2, -0.15) is 0 Å². The molecular formula is C4H4FO. The van der Waals surface area contributed by atoms with Gasteiger partial charge < -0.3 is 0 Å². The molecule has 0 heterocycles. The van der Waals surface area contributed by atoms with Crippen molar-refractivity contribution in [2.75, 3.05) is 0 Å². The maximum absolute atomic E-state index is 11.0. The molecule has 0 bridgehead atoms. The van der Waals surface area contributed by atoms with Crippen LogP contribution in [0.3, 0.4) is 0 Å². The number of allylic oxidation sites excluding steroid dienone is 1. The van der Waals surface area contributed by atoms with Crippen molar-refractivity contribution in [2.45, 2.75) is 6.92 Å². The molecule has 1 radical (unpaired) electrons. The molecular weight excluding hydrogens is 83.0 g/mol. The van der Waals surface area contributed by atoms with Crippen molar-refractivity contribution < 1.29 is 9.18 Å². The van der Waals surface area contributed by atoms with Crippen molar-refractivity contribution in [1.29, 1.82) is 0 Å². The third-order valence-corrected chi connectivity index (χ3v) is 0.325. The molecule has 6 heavy (non-hydrogen) atoms. The Labute approximate surface area is 35.5 Å². The van der Waals surface area contributed by atoms with Crippen molar-refractivity contribution in [3.63, 3.8) is 0 Å². The lowest BCUT2D eigenvalue weighted by Gasteiger charge is -1.68. The molecule has 0 aromatic carbocycles. The van der Waals surface area contributed by atoms with Gasteiger partial charge in [0.2, 0.25) is 6.29 Å². The van der Waals surface area contributed by atoms with Gasteiger partial charge in [-0.15, -0.1) is 0 Å². The summed E-state index contributed by atoms with van der Waals surface area (Å²) < 4.78 is 11.0. The topological polar surface area (TPSA) is 17.1 Å². The van der Waals surface area contributed by atoms with Crippen LogP contribution in [0.25, 0.3) is 0 Å². The minimum absolute atomic E-state index is 0.00463. The fourth-order valence-electron chi connectivity index (χ4n) is 0.0223. The predicted octanol–water partition coefficient (Wildman–Crippen LogP) is 0.969. The Bertz CT molecular complexity index is 75.6. The summed E-state index contributed by atoms with van der Waals surface area (Å²) in [6.45, 7) is 1.34. The van der Waals surface area contributed by atoms with E-state index in [4.69, 9.17) is 0 Å². The Morgan fingerprint density at radius 1 is 2.00 bits per heavy atom. The van der Waals surface area contributed by atoms with Gasteiger partial charge in [-0.1, -0.05) is 0 Å². The van der Waals surface area contributed by atoms with Crippen LogP contribution in [0.1, 0.15) is 6.92 Å². The predicted molar refractivity (Wildman–Crippen MR) is 20.6 cm³/mol. The third-order valence-electron chi connectivity index (χ3n) is 0.325. The molecule has 33 valence electrons. The van der Waals surface area contributed by atoms with E-state index in [0.717, 1.165) is 0 Å². The molecule has 0 unspecified atom stereocenters. The fraction of sp³-hybridized carbons (Fsp3) is 0.250. The van der Waals surface area contributed by atoms with E-state index in [1.165, 1.54) is 13.2 Å². The first-order chi connectivity index (χ1) is 2.81. The van der Waals surface area contributed by atoms with Crippen molar-refractivity contribution in [3.05, 3.63) is 11.9 Å². The molecule has 0 spiro atoms. The first-order valence-corrected chi connectivity index (χ1v) is 1.46. The SMILES string of the molecule is CC([C]=O)=CF. The Hall–Kier alpha value is -0.660. The first-order valence-electron chi connectivity index (χ1n) is 1.46. The van der Waals surface area contributed by atoms with Crippen LogP contribution in [-0.2, 0) is 4.79 Å². The van der Waals surface area contributed by atoms with Gasteiger partial charge in [0.1, 0.15) is 0 Å². The number of hydrogen-bond acceptors (Lipinski definition) is 1. The smallest absolute Gasteiger partial charge is 0.231 e. The Balaban J connectivity index is 3.50. The monoisotopic (exact) mass is 87.0 g/mol. The second kappa shape index (κ2) is 2.57. The van der Waals surface area contributed by atoms with Crippen molar-refractivity contribution in [2.24, 2.45) is 0 Å². The van der Waals surface area contributed by atoms with Gasteiger partial charge in [0.15, 0.2) is 0 Å². The van der Waals surface area contributed by atoms with Crippen LogP contribution in [-0.4, -0.2) is 6.29 Å². The molecule has 0 aromatic heterocycles. The lowest BCUT2D eigenvalue weighted by atomic mass is 10.4. The van der Waals surface area contributed by atoms with Gasteiger partial charge in [0.05, 0.1) is 6.33 Å². The van der Waals surface area contributed by atoms with E-state index in [9.17, 15) is 9.18 Å². The highest BCUT2D eigenvalue weighted by Gasteiger charge is 1.78. The van der Waals surface area contributed by atoms with Crippen LogP contribution in [0.4, 0.5) is 4.39 Å². The second-order valence-electron chi connectivity index (χ2n) is 0.894. The maximum atomic E-state index is 11.0. The number of halogens is 1. The molecule has 0 saturated carbocycles. The Kier molecular flexibility index (Phi) is 2.29. The molecule has 2 heteroatoms. The third kappa shape index (κ3) is 1.64. The zero-order chi connectivity index (χ0) is 4.99. The zero-order valence-electron chi connectivity index (χ0n) is 3.36. The van der Waals surface area contributed by atoms with Gasteiger partial charge in [-0.05, 0) is 6.92 Å². The largest absolute Gasteiger partial charge is 0.285 e. The van der Waals surface area contributed by atoms with E-state index in [2.05, 4.69) is 0 Å². The van der Waals surface area contributed by atoms with Crippen LogP contribution in [0, 0.1) is 0 Å². The molecule has 0 amide bonds. The van der Waals surface area contributed by atoms with Gasteiger partial charge in [0, 0.05) is 5.57 Å². The Morgan fingerprint density at radius 2 is 2.50 bits per heavy atom. The molecule has 0 saturated heterocycles. The summed E-state index contributed by atoms with van der Waals surface area (Å²) >= 11 is 0. The molecule has 0 N–H and O–H groups in total. The zero-order valence-corrected chi connectivity index (χ0v) is 3.36. The lowest BCUT2D eigenvalue weighted by Crippen LogP contribution is -1.68. The molecule has 0 rings (SSSR count). The quantitative estimate of drug-likeness (QED) is 0.435. The van der Waals surface area contributed by atoms with E-state index in [-0.39, 0.29) is 11.9 Å². The minimum atomic E-state index is -0.00463. The normalized spacial score (nSPS) is 11.3. The first kappa shape index (κ1) is 5.34. The average Bonchev–Trinajstić information content (AvgIpc) is 1.65. The molecule has 0 aliphatic rings. The second-order valence-corrected chi connectivity index (χ2v) is 0.894. The fourth-order valence-corrected chi connectivity index (χ4v) is 0.0223. The van der Waals surface area contributed by atoms with E-state index < -0.39 is 0 Å². The van der Waals surface area contributed by atoms with Crippen LogP contribution < -0.4 is 0 Å². The molecule has 0 atom stereocenters. The lowest BCUT2D eigenvalue weighted by molar-refractivity contribution is 0.560. The standard InChI is InChI=1S/C4H4FO/c1-4(2-5)3-6/h2H,1H3. The molecule has 0 aliphatic carbocycles. The summed E-state index contributed by atoms with van der Waals surface area (Å²) in [6.07, 6.45) is 1.57. The van der Waals surface area contributed by atoms with Crippen molar-refractivity contribution >= 4 is 6.29 Å². The number of carbonyl (C=O) groups excluding carboxylic acids is 1. The van der Waals surface area contributed by atoms with E-state index in [1.54, 1.807) is 0 Å². The van der Waals surface area contributed by atoms with E-state index >= 15 is 0 Å². The average molecular weight is 87.1 g/mol. The summed E-state index contributed by atoms with van der Waals surface area (Å²) in [4.78, 5) is 9.30. The summed E-state index contributed by atoms with van der Waals surface area (Å²) in [7, 11) is 0. The van der Waals surface area contributed by atoms with Crippen LogP contribution in [0.2, 0.25) is 0 Å². The van der Waals surface area contributed by atoms with E-state index in [0.29, 0.717) is 0 Å². The van der Waals surface area contributed by atoms with Crippen LogP contribution in [0.15, 0.2) is 11.9 Å². The molecule has 0 aromatic rings. The van der Waals surface area contributed by atoms with Gasteiger partial charge in [0.25, 0.3) is 0 Å². The summed E-state index contributed by atoms with van der Waals surface area (Å²) in [6, 6.07) is 0. The molecule has 0 aliphatic heterocycles. The maximum Gasteiger partial charge on any atom is 0.231 e. The van der Waals surface area contributed by atoms with Crippen molar-refractivity contribution in [3.8, 4) is 0 Å². The Morgan fingerprint density at radius 3 is 2.50 bits per heavy atom. The highest BCUT2D eigenvalue weighted by atomic mass is 19.1. The van der Waals surface area contributed by atoms with Crippen LogP contribution >= 0.6 is 0 Å². The van der Waals surface area contributed by atoms with Gasteiger partial charge in [-0.3, -0.25) is 4.79 Å². The highest BCUT2D eigenvalue weighted by molar-refractivity contribution is 5.72. The molecule has 0 fully saturated rings. The highest BCUT2D eigenvalue weighted by Crippen LogP contribution is 1.82. The minimum Gasteiger partial charge on any atom is -0.285 e. The number of hydrogen-bond donors (Lipinski definition) is 0.